The smallest absolute Gasteiger partial charge is 0.264 e. The van der Waals surface area contributed by atoms with E-state index >= 15 is 4.39 Å². The fraction of sp³-hybridized carbons (Fsp3) is 0.364. The number of halogens is 1. The molecule has 1 amide bonds. The van der Waals surface area contributed by atoms with E-state index in [1.165, 1.54) is 12.4 Å². The van der Waals surface area contributed by atoms with Crippen LogP contribution in [0.15, 0.2) is 66.5 Å². The maximum Gasteiger partial charge on any atom is 0.264 e. The van der Waals surface area contributed by atoms with Crippen molar-refractivity contribution in [3.63, 3.8) is 0 Å². The van der Waals surface area contributed by atoms with Gasteiger partial charge in [-0.2, -0.15) is 10.4 Å². The Morgan fingerprint density at radius 2 is 1.93 bits per heavy atom. The molecule has 0 bridgehead atoms. The molecule has 4 heterocycles. The summed E-state index contributed by atoms with van der Waals surface area (Å²) in [5.74, 6) is 0.279. The first kappa shape index (κ1) is 30.2. The third-order valence-corrected chi connectivity index (χ3v) is 8.54. The molecule has 0 spiro atoms. The summed E-state index contributed by atoms with van der Waals surface area (Å²) < 4.78 is 23.0. The van der Waals surface area contributed by atoms with Gasteiger partial charge >= 0.3 is 0 Å². The lowest BCUT2D eigenvalue weighted by molar-refractivity contribution is -0.127. The van der Waals surface area contributed by atoms with Crippen LogP contribution in [-0.2, 0) is 11.3 Å². The first-order valence-electron chi connectivity index (χ1n) is 15.1. The van der Waals surface area contributed by atoms with Crippen molar-refractivity contribution in [1.82, 2.24) is 34.9 Å². The SMILES string of the molecule is CC(C)(/C=C(\C#N)C(=O)N1CCC[C@H]1Cn1nc(-c2ccc(Oc3ccccc3)cc2F)c2c(N)ncnc21)N1CCNCC1. The van der Waals surface area contributed by atoms with Gasteiger partial charge in [0, 0.05) is 49.9 Å². The Morgan fingerprint density at radius 3 is 2.67 bits per heavy atom. The molecule has 45 heavy (non-hydrogen) atoms. The molecule has 3 N–H and O–H groups in total. The summed E-state index contributed by atoms with van der Waals surface area (Å²) in [4.78, 5) is 26.4. The predicted octanol–water partition coefficient (Wildman–Crippen LogP) is 4.13. The molecule has 4 aromatic rings. The van der Waals surface area contributed by atoms with E-state index in [1.807, 2.05) is 32.0 Å². The second-order valence-electron chi connectivity index (χ2n) is 11.9. The van der Waals surface area contributed by atoms with Crippen molar-refractivity contribution in [2.75, 3.05) is 38.5 Å². The van der Waals surface area contributed by atoms with Crippen LogP contribution < -0.4 is 15.8 Å². The molecule has 0 unspecified atom stereocenters. The van der Waals surface area contributed by atoms with Gasteiger partial charge in [0.05, 0.1) is 18.0 Å². The number of ether oxygens (including phenoxy) is 1. The molecule has 12 heteroatoms. The number of amides is 1. The summed E-state index contributed by atoms with van der Waals surface area (Å²) in [7, 11) is 0. The predicted molar refractivity (Wildman–Crippen MR) is 169 cm³/mol. The minimum Gasteiger partial charge on any atom is -0.457 e. The summed E-state index contributed by atoms with van der Waals surface area (Å²) in [5, 5.41) is 18.6. The van der Waals surface area contributed by atoms with Gasteiger partial charge in [-0.3, -0.25) is 9.69 Å². The molecule has 0 aliphatic carbocycles. The van der Waals surface area contributed by atoms with E-state index in [0.29, 0.717) is 41.3 Å². The van der Waals surface area contributed by atoms with Gasteiger partial charge in [-0.1, -0.05) is 18.2 Å². The van der Waals surface area contributed by atoms with Crippen molar-refractivity contribution >= 4 is 22.8 Å². The fourth-order valence-corrected chi connectivity index (χ4v) is 6.20. The van der Waals surface area contributed by atoms with E-state index in [2.05, 4.69) is 26.3 Å². The molecule has 232 valence electrons. The molecule has 2 aromatic carbocycles. The highest BCUT2D eigenvalue weighted by Crippen LogP contribution is 2.35. The van der Waals surface area contributed by atoms with Gasteiger partial charge in [-0.15, -0.1) is 0 Å². The number of nitrogen functional groups attached to an aromatic ring is 1. The number of carbonyl (C=O) groups is 1. The van der Waals surface area contributed by atoms with Gasteiger partial charge in [0.2, 0.25) is 0 Å². The Labute approximate surface area is 261 Å². The maximum atomic E-state index is 15.6. The van der Waals surface area contributed by atoms with Gasteiger partial charge in [-0.25, -0.2) is 19.0 Å². The van der Waals surface area contributed by atoms with Gasteiger partial charge in [0.25, 0.3) is 5.91 Å². The van der Waals surface area contributed by atoms with Crippen LogP contribution in [0.3, 0.4) is 0 Å². The number of rotatable bonds is 8. The van der Waals surface area contributed by atoms with E-state index in [-0.39, 0.29) is 28.9 Å². The van der Waals surface area contributed by atoms with Gasteiger partial charge in [0.15, 0.2) is 5.65 Å². The molecular formula is C33H36FN9O2. The Hall–Kier alpha value is -4.86. The molecule has 2 saturated heterocycles. The second-order valence-corrected chi connectivity index (χ2v) is 11.9. The quantitative estimate of drug-likeness (QED) is 0.223. The van der Waals surface area contributed by atoms with Crippen molar-refractivity contribution in [3.8, 4) is 28.8 Å². The average molecular weight is 610 g/mol. The van der Waals surface area contributed by atoms with Crippen LogP contribution in [0.25, 0.3) is 22.3 Å². The number of anilines is 1. The third kappa shape index (κ3) is 6.22. The monoisotopic (exact) mass is 609 g/mol. The van der Waals surface area contributed by atoms with E-state index in [0.717, 1.165) is 39.0 Å². The Kier molecular flexibility index (Phi) is 8.47. The Bertz CT molecular complexity index is 1770. The van der Waals surface area contributed by atoms with Crippen molar-refractivity contribution in [1.29, 1.82) is 5.26 Å². The molecule has 0 saturated carbocycles. The third-order valence-electron chi connectivity index (χ3n) is 8.54. The lowest BCUT2D eigenvalue weighted by atomic mass is 9.97. The number of nitrogens with zero attached hydrogens (tertiary/aromatic N) is 7. The highest BCUT2D eigenvalue weighted by atomic mass is 19.1. The number of benzene rings is 2. The summed E-state index contributed by atoms with van der Waals surface area (Å²) >= 11 is 0. The van der Waals surface area contributed by atoms with Crippen molar-refractivity contribution < 1.29 is 13.9 Å². The second kappa shape index (κ2) is 12.6. The number of fused-ring (bicyclic) bond motifs is 1. The van der Waals surface area contributed by atoms with Crippen molar-refractivity contribution in [2.24, 2.45) is 0 Å². The van der Waals surface area contributed by atoms with Crippen LogP contribution in [-0.4, -0.2) is 79.8 Å². The summed E-state index contributed by atoms with van der Waals surface area (Å²) in [6, 6.07) is 15.6. The zero-order valence-corrected chi connectivity index (χ0v) is 25.4. The molecule has 1 atom stereocenters. The van der Waals surface area contributed by atoms with E-state index in [9.17, 15) is 10.1 Å². The first-order valence-corrected chi connectivity index (χ1v) is 15.1. The minimum absolute atomic E-state index is 0.128. The lowest BCUT2D eigenvalue weighted by Gasteiger charge is -2.39. The largest absolute Gasteiger partial charge is 0.457 e. The van der Waals surface area contributed by atoms with E-state index < -0.39 is 11.4 Å². The number of nitrogens with one attached hydrogen (secondary N) is 1. The molecule has 2 aromatic heterocycles. The van der Waals surface area contributed by atoms with Crippen LogP contribution in [0.5, 0.6) is 11.5 Å². The zero-order valence-electron chi connectivity index (χ0n) is 25.4. The first-order chi connectivity index (χ1) is 21.7. The van der Waals surface area contributed by atoms with E-state index in [4.69, 9.17) is 15.6 Å². The average Bonchev–Trinajstić information content (AvgIpc) is 3.66. The van der Waals surface area contributed by atoms with Gasteiger partial charge < -0.3 is 20.7 Å². The summed E-state index contributed by atoms with van der Waals surface area (Å²) in [6.45, 7) is 8.30. The molecule has 2 fully saturated rings. The number of hydrogen-bond donors (Lipinski definition) is 2. The lowest BCUT2D eigenvalue weighted by Crippen LogP contribution is -2.52. The number of aromatic nitrogens is 4. The zero-order chi connectivity index (χ0) is 31.6. The van der Waals surface area contributed by atoms with Crippen molar-refractivity contribution in [2.45, 2.75) is 44.8 Å². The molecule has 6 rings (SSSR count). The molecule has 11 nitrogen and oxygen atoms in total. The summed E-state index contributed by atoms with van der Waals surface area (Å²) in [6.07, 6.45) is 4.65. The Morgan fingerprint density at radius 1 is 1.16 bits per heavy atom. The van der Waals surface area contributed by atoms with Crippen LogP contribution in [0.4, 0.5) is 10.2 Å². The van der Waals surface area contributed by atoms with Crippen LogP contribution in [0.2, 0.25) is 0 Å². The standard InChI is InChI=1S/C33H36FN9O2/c1-33(2,41-15-12-37-13-16-41)18-22(19-35)32(44)42-14-6-7-23(42)20-43-31-28(30(36)38-21-39-31)29(40-43)26-11-10-25(17-27(26)34)45-24-8-4-3-5-9-24/h3-5,8-11,17-18,21,23,37H,6-7,12-16,20H2,1-2H3,(H2,36,38,39)/b22-18+/t23-/m0/s1. The van der Waals surface area contributed by atoms with Crippen LogP contribution in [0, 0.1) is 17.1 Å². The molecule has 2 aliphatic rings. The number of para-hydroxylation sites is 1. The number of likely N-dealkylation sites (tertiary alicyclic amines) is 1. The van der Waals surface area contributed by atoms with Crippen molar-refractivity contribution in [3.05, 3.63) is 72.3 Å². The number of hydrogen-bond acceptors (Lipinski definition) is 9. The van der Waals surface area contributed by atoms with E-state index in [1.54, 1.807) is 39.9 Å². The number of piperazine rings is 1. The number of nitrogens with two attached hydrogens (primary N) is 1. The fourth-order valence-electron chi connectivity index (χ4n) is 6.20. The summed E-state index contributed by atoms with van der Waals surface area (Å²) in [5.41, 5.74) is 6.93. The highest BCUT2D eigenvalue weighted by molar-refractivity contribution is 5.99. The Balaban J connectivity index is 1.28. The normalized spacial score (nSPS) is 17.9. The number of nitriles is 1. The van der Waals surface area contributed by atoms with Gasteiger partial charge in [0.1, 0.15) is 46.8 Å². The maximum absolute atomic E-state index is 15.6. The molecule has 0 radical (unpaired) electrons. The molecule has 2 aliphatic heterocycles. The topological polar surface area (TPSA) is 138 Å². The molecular weight excluding hydrogens is 573 g/mol. The van der Waals surface area contributed by atoms with Gasteiger partial charge in [-0.05, 0) is 57.0 Å². The van der Waals surface area contributed by atoms with Crippen LogP contribution in [0.1, 0.15) is 26.7 Å². The highest BCUT2D eigenvalue weighted by Gasteiger charge is 2.34. The minimum atomic E-state index is -0.535. The number of carbonyl (C=O) groups excluding carboxylic acids is 1. The van der Waals surface area contributed by atoms with Crippen LogP contribution >= 0.6 is 0 Å².